The fraction of sp³-hybridized carbons (Fsp3) is 0.105. The highest BCUT2D eigenvalue weighted by molar-refractivity contribution is 5.92. The lowest BCUT2D eigenvalue weighted by Crippen LogP contribution is -2.35. The zero-order valence-corrected chi connectivity index (χ0v) is 15.0. The van der Waals surface area contributed by atoms with Gasteiger partial charge in [0.1, 0.15) is 5.75 Å². The molecular weight excluding hydrogens is 360 g/mol. The molecule has 0 fully saturated rings. The van der Waals surface area contributed by atoms with E-state index < -0.39 is 18.2 Å². The second kappa shape index (κ2) is 8.58. The first-order chi connectivity index (χ1) is 13.5. The van der Waals surface area contributed by atoms with Crippen LogP contribution in [0.15, 0.2) is 61.2 Å². The van der Waals surface area contributed by atoms with Crippen LogP contribution in [0.4, 0.5) is 10.6 Å². The summed E-state index contributed by atoms with van der Waals surface area (Å²) in [6.07, 6.45) is 5.37. The predicted octanol–water partition coefficient (Wildman–Crippen LogP) is 2.18. The molecule has 1 aromatic carbocycles. The van der Waals surface area contributed by atoms with Crippen LogP contribution < -0.4 is 21.1 Å². The molecule has 9 heteroatoms. The van der Waals surface area contributed by atoms with Crippen molar-refractivity contribution in [2.24, 2.45) is 5.73 Å². The molecule has 0 saturated carbocycles. The predicted molar refractivity (Wildman–Crippen MR) is 101 cm³/mol. The second-order valence-corrected chi connectivity index (χ2v) is 5.81. The Morgan fingerprint density at radius 3 is 2.46 bits per heavy atom. The van der Waals surface area contributed by atoms with Gasteiger partial charge in [-0.05, 0) is 37.3 Å². The molecule has 3 aromatic rings. The summed E-state index contributed by atoms with van der Waals surface area (Å²) < 4.78 is 5.86. The molecule has 0 radical (unpaired) electrons. The molecule has 3 rings (SSSR count). The van der Waals surface area contributed by atoms with Crippen LogP contribution in [0, 0.1) is 6.92 Å². The minimum absolute atomic E-state index is 0.304. The number of aryl methyl sites for hydroxylation is 1. The van der Waals surface area contributed by atoms with Gasteiger partial charge in [0.05, 0.1) is 18.1 Å². The van der Waals surface area contributed by atoms with E-state index in [2.05, 4.69) is 25.6 Å². The lowest BCUT2D eigenvalue weighted by molar-refractivity contribution is 0.1000. The number of urea groups is 1. The van der Waals surface area contributed by atoms with Crippen LogP contribution in [0.25, 0.3) is 0 Å². The van der Waals surface area contributed by atoms with Crippen molar-refractivity contribution in [3.63, 3.8) is 0 Å². The Balaban J connectivity index is 1.74. The average Bonchev–Trinajstić information content (AvgIpc) is 2.70. The van der Waals surface area contributed by atoms with Crippen molar-refractivity contribution >= 4 is 17.8 Å². The van der Waals surface area contributed by atoms with Gasteiger partial charge in [0.2, 0.25) is 12.1 Å². The number of ether oxygens (including phenoxy) is 1. The quantitative estimate of drug-likeness (QED) is 0.563. The van der Waals surface area contributed by atoms with Crippen molar-refractivity contribution in [2.75, 3.05) is 5.32 Å². The van der Waals surface area contributed by atoms with Crippen LogP contribution in [-0.4, -0.2) is 26.9 Å². The Kier molecular flexibility index (Phi) is 5.75. The smallest absolute Gasteiger partial charge is 0.323 e. The average molecular weight is 378 g/mol. The molecule has 28 heavy (non-hydrogen) atoms. The normalized spacial score (nSPS) is 11.3. The second-order valence-electron chi connectivity index (χ2n) is 5.81. The van der Waals surface area contributed by atoms with E-state index in [0.29, 0.717) is 22.7 Å². The third-order valence-electron chi connectivity index (χ3n) is 3.66. The summed E-state index contributed by atoms with van der Waals surface area (Å²) in [5.74, 6) is 0.209. The minimum Gasteiger partial charge on any atom is -0.466 e. The van der Waals surface area contributed by atoms with Crippen molar-refractivity contribution in [2.45, 2.75) is 13.2 Å². The highest BCUT2D eigenvalue weighted by Gasteiger charge is 2.17. The van der Waals surface area contributed by atoms with Gasteiger partial charge in [0, 0.05) is 23.5 Å². The number of pyridine rings is 1. The maximum Gasteiger partial charge on any atom is 0.323 e. The fourth-order valence-corrected chi connectivity index (χ4v) is 2.27. The van der Waals surface area contributed by atoms with Gasteiger partial charge in [-0.3, -0.25) is 25.4 Å². The van der Waals surface area contributed by atoms with E-state index in [1.165, 1.54) is 6.20 Å². The van der Waals surface area contributed by atoms with E-state index in [1.54, 1.807) is 61.9 Å². The van der Waals surface area contributed by atoms with Crippen LogP contribution in [-0.2, 0) is 0 Å². The number of hydrogen-bond acceptors (Lipinski definition) is 6. The fourth-order valence-electron chi connectivity index (χ4n) is 2.27. The van der Waals surface area contributed by atoms with Gasteiger partial charge in [-0.15, -0.1) is 0 Å². The van der Waals surface area contributed by atoms with Gasteiger partial charge in [-0.25, -0.2) is 9.78 Å². The number of benzene rings is 1. The molecule has 3 amide bonds. The summed E-state index contributed by atoms with van der Waals surface area (Å²) >= 11 is 0. The zero-order chi connectivity index (χ0) is 19.9. The number of aromatic nitrogens is 3. The minimum atomic E-state index is -0.827. The number of hydrogen-bond donors (Lipinski definition) is 3. The van der Waals surface area contributed by atoms with E-state index in [9.17, 15) is 9.59 Å². The first kappa shape index (κ1) is 18.8. The molecular formula is C19H18N6O3. The molecule has 1 unspecified atom stereocenters. The monoisotopic (exact) mass is 378 g/mol. The molecule has 0 aliphatic carbocycles. The SMILES string of the molecule is Cc1cnc(NC(=O)NC(Oc2ccc(C(N)=O)cc2)c2cccnc2)cn1. The van der Waals surface area contributed by atoms with E-state index in [-0.39, 0.29) is 0 Å². The number of anilines is 1. The van der Waals surface area contributed by atoms with E-state index in [0.717, 1.165) is 5.69 Å². The zero-order valence-electron chi connectivity index (χ0n) is 15.0. The van der Waals surface area contributed by atoms with Crippen molar-refractivity contribution in [1.82, 2.24) is 20.3 Å². The Labute approximate surface area is 161 Å². The number of nitrogens with zero attached hydrogens (tertiary/aromatic N) is 3. The van der Waals surface area contributed by atoms with Crippen LogP contribution >= 0.6 is 0 Å². The van der Waals surface area contributed by atoms with Crippen molar-refractivity contribution in [3.8, 4) is 5.75 Å². The molecule has 9 nitrogen and oxygen atoms in total. The molecule has 142 valence electrons. The molecule has 1 atom stereocenters. The Hall–Kier alpha value is -4.01. The Bertz CT molecular complexity index is 946. The van der Waals surface area contributed by atoms with Gasteiger partial charge in [-0.2, -0.15) is 0 Å². The largest absolute Gasteiger partial charge is 0.466 e. The number of nitrogens with one attached hydrogen (secondary N) is 2. The summed E-state index contributed by atoms with van der Waals surface area (Å²) in [7, 11) is 0. The number of nitrogens with two attached hydrogens (primary N) is 1. The number of carbonyl (C=O) groups is 2. The molecule has 0 aliphatic heterocycles. The highest BCUT2D eigenvalue weighted by atomic mass is 16.5. The van der Waals surface area contributed by atoms with Crippen LogP contribution in [0.2, 0.25) is 0 Å². The van der Waals surface area contributed by atoms with Crippen LogP contribution in [0.3, 0.4) is 0 Å². The first-order valence-electron chi connectivity index (χ1n) is 8.34. The summed E-state index contributed by atoms with van der Waals surface area (Å²) in [4.78, 5) is 35.8. The third kappa shape index (κ3) is 5.01. The highest BCUT2D eigenvalue weighted by Crippen LogP contribution is 2.20. The first-order valence-corrected chi connectivity index (χ1v) is 8.34. The van der Waals surface area contributed by atoms with E-state index >= 15 is 0 Å². The molecule has 4 N–H and O–H groups in total. The van der Waals surface area contributed by atoms with Gasteiger partial charge in [0.25, 0.3) is 0 Å². The van der Waals surface area contributed by atoms with Crippen LogP contribution in [0.5, 0.6) is 5.75 Å². The molecule has 0 spiro atoms. The van der Waals surface area contributed by atoms with E-state index in [4.69, 9.17) is 10.5 Å². The lowest BCUT2D eigenvalue weighted by atomic mass is 10.2. The number of carbonyl (C=O) groups excluding carboxylic acids is 2. The molecule has 0 aliphatic rings. The van der Waals surface area contributed by atoms with E-state index in [1.807, 2.05) is 0 Å². The van der Waals surface area contributed by atoms with Gasteiger partial charge >= 0.3 is 6.03 Å². The summed E-state index contributed by atoms with van der Waals surface area (Å²) in [5, 5.41) is 5.30. The maximum atomic E-state index is 12.4. The lowest BCUT2D eigenvalue weighted by Gasteiger charge is -2.20. The van der Waals surface area contributed by atoms with Gasteiger partial charge < -0.3 is 10.5 Å². The Morgan fingerprint density at radius 1 is 1.07 bits per heavy atom. The molecule has 2 aromatic heterocycles. The molecule has 2 heterocycles. The van der Waals surface area contributed by atoms with Crippen molar-refractivity contribution in [3.05, 3.63) is 78.0 Å². The standard InChI is InChI=1S/C19H18N6O3/c1-12-9-23-16(11-22-12)24-19(27)25-18(14-3-2-8-21-10-14)28-15-6-4-13(5-7-15)17(20)26/h2-11,18H,1H3,(H2,20,26)(H2,23,24,25,27). The maximum absolute atomic E-state index is 12.4. The van der Waals surface area contributed by atoms with Gasteiger partial charge in [-0.1, -0.05) is 6.07 Å². The van der Waals surface area contributed by atoms with Crippen molar-refractivity contribution < 1.29 is 14.3 Å². The number of amides is 3. The van der Waals surface area contributed by atoms with Crippen LogP contribution in [0.1, 0.15) is 27.8 Å². The third-order valence-corrected chi connectivity index (χ3v) is 3.66. The van der Waals surface area contributed by atoms with Crippen molar-refractivity contribution in [1.29, 1.82) is 0 Å². The summed E-state index contributed by atoms with van der Waals surface area (Å²) in [6, 6.07) is 9.23. The topological polar surface area (TPSA) is 132 Å². The molecule has 0 bridgehead atoms. The Morgan fingerprint density at radius 2 is 1.86 bits per heavy atom. The number of rotatable bonds is 6. The number of primary amides is 1. The summed E-state index contributed by atoms with van der Waals surface area (Å²) in [6.45, 7) is 1.80. The molecule has 0 saturated heterocycles. The summed E-state index contributed by atoms with van der Waals surface area (Å²) in [5.41, 5.74) is 6.96. The van der Waals surface area contributed by atoms with Gasteiger partial charge in [0.15, 0.2) is 5.82 Å².